The van der Waals surface area contributed by atoms with Crippen molar-refractivity contribution in [2.24, 2.45) is 0 Å². The van der Waals surface area contributed by atoms with Crippen LogP contribution in [0.2, 0.25) is 0 Å². The van der Waals surface area contributed by atoms with Crippen molar-refractivity contribution in [1.82, 2.24) is 9.55 Å². The smallest absolute Gasteiger partial charge is 0.387 e. The van der Waals surface area contributed by atoms with E-state index in [0.29, 0.717) is 47.5 Å². The number of hydrogen-bond donors (Lipinski definition) is 1. The summed E-state index contributed by atoms with van der Waals surface area (Å²) in [6.07, 6.45) is 8.03. The number of nitrogens with one attached hydrogen (secondary N) is 1. The molecule has 1 aromatic heterocycles. The summed E-state index contributed by atoms with van der Waals surface area (Å²) in [6, 6.07) is 18.9. The number of rotatable bonds is 17. The minimum absolute atomic E-state index is 0.0584. The van der Waals surface area contributed by atoms with Gasteiger partial charge in [-0.25, -0.2) is 4.98 Å². The van der Waals surface area contributed by atoms with Crippen LogP contribution < -0.4 is 14.8 Å². The molecule has 3 aromatic carbocycles. The molecule has 0 saturated carbocycles. The molecular weight excluding hydrogens is 600 g/mol. The summed E-state index contributed by atoms with van der Waals surface area (Å²) in [7, 11) is 0. The first kappa shape index (κ1) is 33.7. The molecule has 0 spiro atoms. The fourth-order valence-electron chi connectivity index (χ4n) is 4.44. The normalized spacial score (nSPS) is 12.0. The van der Waals surface area contributed by atoms with Crippen LogP contribution in [0.5, 0.6) is 11.5 Å². The zero-order chi connectivity index (χ0) is 32.0. The fraction of sp³-hybridized carbons (Fsp3) is 0.294. The van der Waals surface area contributed by atoms with Crippen LogP contribution in [0.4, 0.5) is 14.5 Å². The molecule has 1 heterocycles. The Hall–Kier alpha value is -4.19. The fourth-order valence-corrected chi connectivity index (χ4v) is 5.55. The van der Waals surface area contributed by atoms with Crippen LogP contribution in [0.15, 0.2) is 90.2 Å². The van der Waals surface area contributed by atoms with Crippen molar-refractivity contribution in [3.05, 3.63) is 96.6 Å². The third-order valence-electron chi connectivity index (χ3n) is 6.60. The number of nitrogens with zero attached hydrogens (tertiary/aromatic N) is 2. The number of hydrogen-bond acceptors (Lipinski definition) is 6. The summed E-state index contributed by atoms with van der Waals surface area (Å²) >= 11 is -1.28. The number of imidazole rings is 1. The standard InChI is InChI=1S/C34H37F2N3O5S/c1-3-17-39-24-37-22-29(39)23-45(41)31-13-9-28(10-14-31)38-33(40)16-8-27-21-26(7-15-32(27)44-34(35)36)25-5-11-30(12-6-25)43-20-19-42-18-4-2/h5-16,21-22,24,34H,3-4,17-20,23H2,1-2H3,(H,38,40)/b16-8+/t45-/m0/s1. The molecule has 0 aliphatic heterocycles. The number of aromatic nitrogens is 2. The van der Waals surface area contributed by atoms with Crippen LogP contribution in [0.25, 0.3) is 17.2 Å². The van der Waals surface area contributed by atoms with E-state index >= 15 is 0 Å². The Morgan fingerprint density at radius 2 is 1.76 bits per heavy atom. The van der Waals surface area contributed by atoms with Crippen molar-refractivity contribution < 1.29 is 32.3 Å². The highest BCUT2D eigenvalue weighted by molar-refractivity contribution is 7.90. The molecule has 0 aliphatic rings. The number of carbonyl (C=O) groups is 1. The average molecular weight is 638 g/mol. The van der Waals surface area contributed by atoms with Gasteiger partial charge >= 0.3 is 6.61 Å². The van der Waals surface area contributed by atoms with Crippen LogP contribution >= 0.6 is 0 Å². The predicted molar refractivity (Wildman–Crippen MR) is 172 cm³/mol. The lowest BCUT2D eigenvalue weighted by molar-refractivity contribution is -0.111. The number of aryl methyl sites for hydroxylation is 1. The van der Waals surface area contributed by atoms with Gasteiger partial charge in [-0.3, -0.25) is 4.79 Å². The second-order valence-electron chi connectivity index (χ2n) is 10.0. The van der Waals surface area contributed by atoms with E-state index in [4.69, 9.17) is 9.47 Å². The van der Waals surface area contributed by atoms with Gasteiger partial charge in [-0.15, -0.1) is 0 Å². The minimum Gasteiger partial charge on any atom is -0.611 e. The van der Waals surface area contributed by atoms with E-state index in [2.05, 4.69) is 22.0 Å². The molecule has 0 bridgehead atoms. The van der Waals surface area contributed by atoms with Crippen molar-refractivity contribution in [3.63, 3.8) is 0 Å². The van der Waals surface area contributed by atoms with Gasteiger partial charge in [0.1, 0.15) is 18.1 Å². The first-order chi connectivity index (χ1) is 21.9. The molecule has 0 saturated heterocycles. The van der Waals surface area contributed by atoms with Gasteiger partial charge < -0.3 is 28.6 Å². The second kappa shape index (κ2) is 17.3. The molecule has 8 nitrogen and oxygen atoms in total. The molecule has 0 fully saturated rings. The first-order valence-electron chi connectivity index (χ1n) is 14.7. The Morgan fingerprint density at radius 1 is 1.00 bits per heavy atom. The van der Waals surface area contributed by atoms with E-state index in [1.54, 1.807) is 48.9 Å². The summed E-state index contributed by atoms with van der Waals surface area (Å²) in [5, 5.41) is 2.74. The molecule has 238 valence electrons. The van der Waals surface area contributed by atoms with Crippen molar-refractivity contribution in [2.45, 2.75) is 50.5 Å². The van der Waals surface area contributed by atoms with Crippen molar-refractivity contribution in [2.75, 3.05) is 25.1 Å². The summed E-state index contributed by atoms with van der Waals surface area (Å²) in [4.78, 5) is 17.5. The Bertz CT molecular complexity index is 1530. The maximum atomic E-state index is 13.1. The molecule has 0 unspecified atom stereocenters. The molecule has 0 aliphatic carbocycles. The van der Waals surface area contributed by atoms with E-state index in [0.717, 1.165) is 36.2 Å². The predicted octanol–water partition coefficient (Wildman–Crippen LogP) is 7.33. The van der Waals surface area contributed by atoms with Crippen LogP contribution in [-0.4, -0.2) is 46.4 Å². The number of benzene rings is 3. The van der Waals surface area contributed by atoms with Crippen LogP contribution in [0, 0.1) is 0 Å². The van der Waals surface area contributed by atoms with Gasteiger partial charge in [0.15, 0.2) is 10.6 Å². The summed E-state index contributed by atoms with van der Waals surface area (Å²) < 4.78 is 56.9. The van der Waals surface area contributed by atoms with E-state index in [1.165, 1.54) is 18.2 Å². The number of ether oxygens (including phenoxy) is 3. The number of anilines is 1. The lowest BCUT2D eigenvalue weighted by Gasteiger charge is -2.12. The highest BCUT2D eigenvalue weighted by atomic mass is 32.2. The molecule has 4 aromatic rings. The van der Waals surface area contributed by atoms with Gasteiger partial charge in [-0.05, 0) is 89.8 Å². The number of alkyl halides is 2. The lowest BCUT2D eigenvalue weighted by atomic mass is 10.0. The first-order valence-corrected chi connectivity index (χ1v) is 16.0. The number of carbonyl (C=O) groups excluding carboxylic acids is 1. The lowest BCUT2D eigenvalue weighted by Crippen LogP contribution is -2.11. The van der Waals surface area contributed by atoms with Crippen molar-refractivity contribution >= 4 is 28.8 Å². The zero-order valence-corrected chi connectivity index (χ0v) is 26.1. The largest absolute Gasteiger partial charge is 0.611 e. The Kier molecular flexibility index (Phi) is 13.0. The zero-order valence-electron chi connectivity index (χ0n) is 25.3. The topological polar surface area (TPSA) is 97.7 Å². The van der Waals surface area contributed by atoms with Crippen molar-refractivity contribution in [1.29, 1.82) is 0 Å². The Balaban J connectivity index is 1.39. The molecule has 1 N–H and O–H groups in total. The molecule has 4 rings (SSSR count). The molecular formula is C34H37F2N3O5S. The van der Waals surface area contributed by atoms with Crippen LogP contribution in [-0.2, 0) is 33.0 Å². The van der Waals surface area contributed by atoms with Crippen molar-refractivity contribution in [3.8, 4) is 22.6 Å². The minimum atomic E-state index is -3.02. The Morgan fingerprint density at radius 3 is 2.47 bits per heavy atom. The van der Waals surface area contributed by atoms with Gasteiger partial charge in [0, 0.05) is 30.5 Å². The second-order valence-corrected chi connectivity index (χ2v) is 11.5. The molecule has 11 heteroatoms. The third kappa shape index (κ3) is 10.4. The molecule has 45 heavy (non-hydrogen) atoms. The maximum Gasteiger partial charge on any atom is 0.387 e. The quantitative estimate of drug-likeness (QED) is 0.0740. The Labute approximate surface area is 265 Å². The van der Waals surface area contributed by atoms with E-state index < -0.39 is 23.7 Å². The van der Waals surface area contributed by atoms with Crippen LogP contribution in [0.3, 0.4) is 0 Å². The SMILES string of the molecule is CCCOCCOc1ccc(-c2ccc(OC(F)F)c(/C=C/C(=O)Nc3ccc([S@@+]([O-])Cc4cncn4CCC)cc3)c2)cc1. The summed E-state index contributed by atoms with van der Waals surface area (Å²) in [5.74, 6) is 0.498. The van der Waals surface area contributed by atoms with Gasteiger partial charge in [-0.1, -0.05) is 32.0 Å². The summed E-state index contributed by atoms with van der Waals surface area (Å²) in [6.45, 7) is 3.53. The van der Waals surface area contributed by atoms with E-state index in [9.17, 15) is 18.1 Å². The number of amides is 1. The highest BCUT2D eigenvalue weighted by Gasteiger charge is 2.15. The molecule has 1 atom stereocenters. The molecule has 0 radical (unpaired) electrons. The van der Waals surface area contributed by atoms with E-state index in [-0.39, 0.29) is 5.75 Å². The maximum absolute atomic E-state index is 13.1. The van der Waals surface area contributed by atoms with Crippen LogP contribution in [0.1, 0.15) is 37.9 Å². The average Bonchev–Trinajstić information content (AvgIpc) is 3.47. The summed E-state index contributed by atoms with van der Waals surface area (Å²) in [5.41, 5.74) is 3.28. The molecule has 1 amide bonds. The van der Waals surface area contributed by atoms with Gasteiger partial charge in [0.05, 0.1) is 24.8 Å². The van der Waals surface area contributed by atoms with Gasteiger partial charge in [0.2, 0.25) is 5.91 Å². The highest BCUT2D eigenvalue weighted by Crippen LogP contribution is 2.30. The van der Waals surface area contributed by atoms with E-state index in [1.807, 2.05) is 35.8 Å². The monoisotopic (exact) mass is 637 g/mol. The third-order valence-corrected chi connectivity index (χ3v) is 7.96. The van der Waals surface area contributed by atoms with Gasteiger partial charge in [0.25, 0.3) is 0 Å². The number of halogens is 2. The van der Waals surface area contributed by atoms with Gasteiger partial charge in [-0.2, -0.15) is 8.78 Å².